The number of anilines is 2. The van der Waals surface area contributed by atoms with Crippen molar-refractivity contribution >= 4 is 17.2 Å². The minimum Gasteiger partial charge on any atom is -0.339 e. The number of aromatic nitrogens is 2. The van der Waals surface area contributed by atoms with Crippen LogP contribution in [0.25, 0.3) is 5.65 Å². The largest absolute Gasteiger partial charge is 0.339 e. The molecule has 0 radical (unpaired) electrons. The molecule has 1 aliphatic rings. The van der Waals surface area contributed by atoms with Gasteiger partial charge in [0.1, 0.15) is 11.5 Å². The molecule has 0 fully saturated rings. The molecule has 0 bridgehead atoms. The molecule has 24 heavy (non-hydrogen) atoms. The highest BCUT2D eigenvalue weighted by Crippen LogP contribution is 2.34. The van der Waals surface area contributed by atoms with Gasteiger partial charge in [0.05, 0.1) is 5.69 Å². The molecule has 0 aliphatic heterocycles. The molecule has 4 rings (SSSR count). The smallest absolute Gasteiger partial charge is 0.139 e. The van der Waals surface area contributed by atoms with Crippen LogP contribution in [-0.4, -0.2) is 9.38 Å². The number of pyridine rings is 1. The lowest BCUT2D eigenvalue weighted by atomic mass is 10.1. The monoisotopic (exact) mass is 315 g/mol. The van der Waals surface area contributed by atoms with Crippen LogP contribution >= 0.6 is 0 Å². The highest BCUT2D eigenvalue weighted by Gasteiger charge is 2.20. The zero-order valence-corrected chi connectivity index (χ0v) is 14.2. The Morgan fingerprint density at radius 1 is 0.917 bits per heavy atom. The predicted molar refractivity (Wildman–Crippen MR) is 100 cm³/mol. The Morgan fingerprint density at radius 2 is 1.58 bits per heavy atom. The number of para-hydroxylation sites is 1. The number of nitrogens with one attached hydrogen (secondary N) is 1. The second-order valence-corrected chi connectivity index (χ2v) is 6.39. The summed E-state index contributed by atoms with van der Waals surface area (Å²) in [6.07, 6.45) is 8.55. The van der Waals surface area contributed by atoms with Crippen molar-refractivity contribution in [3.63, 3.8) is 0 Å². The topological polar surface area (TPSA) is 29.3 Å². The van der Waals surface area contributed by atoms with Crippen molar-refractivity contribution in [1.82, 2.24) is 9.38 Å². The summed E-state index contributed by atoms with van der Waals surface area (Å²) in [6.45, 7) is 6.40. The lowest BCUT2D eigenvalue weighted by Gasteiger charge is -2.16. The zero-order valence-electron chi connectivity index (χ0n) is 14.2. The first-order valence-electron chi connectivity index (χ1n) is 8.31. The Labute approximate surface area is 142 Å². The SMILES string of the molecule is Cc1cccc(C)c1Nc1c(C2C=CC=C2)nc2cccc(C)n12. The number of rotatable bonds is 3. The van der Waals surface area contributed by atoms with Crippen molar-refractivity contribution in [1.29, 1.82) is 0 Å². The summed E-state index contributed by atoms with van der Waals surface area (Å²) >= 11 is 0. The molecule has 120 valence electrons. The molecule has 1 aliphatic carbocycles. The lowest BCUT2D eigenvalue weighted by Crippen LogP contribution is -2.04. The maximum atomic E-state index is 4.91. The summed E-state index contributed by atoms with van der Waals surface area (Å²) in [4.78, 5) is 4.91. The van der Waals surface area contributed by atoms with E-state index in [1.807, 2.05) is 0 Å². The number of hydrogen-bond acceptors (Lipinski definition) is 2. The fraction of sp³-hybridized carbons (Fsp3) is 0.190. The van der Waals surface area contributed by atoms with Gasteiger partial charge in [-0.05, 0) is 44.0 Å². The van der Waals surface area contributed by atoms with Crippen LogP contribution in [0, 0.1) is 20.8 Å². The number of benzene rings is 1. The van der Waals surface area contributed by atoms with E-state index in [-0.39, 0.29) is 5.92 Å². The van der Waals surface area contributed by atoms with E-state index in [2.05, 4.69) is 91.2 Å². The van der Waals surface area contributed by atoms with Gasteiger partial charge in [-0.2, -0.15) is 0 Å². The summed E-state index contributed by atoms with van der Waals surface area (Å²) in [5.41, 5.74) is 6.86. The fourth-order valence-electron chi connectivity index (χ4n) is 3.37. The first-order chi connectivity index (χ1) is 11.6. The molecule has 2 aromatic heterocycles. The lowest BCUT2D eigenvalue weighted by molar-refractivity contribution is 1.03. The van der Waals surface area contributed by atoms with E-state index >= 15 is 0 Å². The van der Waals surface area contributed by atoms with Gasteiger partial charge in [-0.3, -0.25) is 4.40 Å². The fourth-order valence-corrected chi connectivity index (χ4v) is 3.37. The Balaban J connectivity index is 1.94. The van der Waals surface area contributed by atoms with Gasteiger partial charge in [-0.15, -0.1) is 0 Å². The molecule has 1 aromatic carbocycles. The van der Waals surface area contributed by atoms with Gasteiger partial charge in [0.2, 0.25) is 0 Å². The quantitative estimate of drug-likeness (QED) is 0.718. The number of fused-ring (bicyclic) bond motifs is 1. The van der Waals surface area contributed by atoms with Crippen molar-refractivity contribution < 1.29 is 0 Å². The number of nitrogens with zero attached hydrogens (tertiary/aromatic N) is 2. The molecule has 0 atom stereocenters. The number of imidazole rings is 1. The van der Waals surface area contributed by atoms with E-state index < -0.39 is 0 Å². The summed E-state index contributed by atoms with van der Waals surface area (Å²) < 4.78 is 2.21. The van der Waals surface area contributed by atoms with E-state index in [0.717, 1.165) is 22.8 Å². The van der Waals surface area contributed by atoms with Crippen molar-refractivity contribution in [2.24, 2.45) is 0 Å². The Kier molecular flexibility index (Phi) is 3.49. The van der Waals surface area contributed by atoms with Gasteiger partial charge in [0.25, 0.3) is 0 Å². The molecule has 2 heterocycles. The van der Waals surface area contributed by atoms with Gasteiger partial charge >= 0.3 is 0 Å². The minimum atomic E-state index is 0.219. The molecule has 0 unspecified atom stereocenters. The summed E-state index contributed by atoms with van der Waals surface area (Å²) in [5, 5.41) is 3.68. The normalized spacial score (nSPS) is 14.0. The van der Waals surface area contributed by atoms with Gasteiger partial charge in [0, 0.05) is 17.3 Å². The molecule has 3 nitrogen and oxygen atoms in total. The second kappa shape index (κ2) is 5.68. The van der Waals surface area contributed by atoms with E-state index in [4.69, 9.17) is 4.98 Å². The van der Waals surface area contributed by atoms with Gasteiger partial charge in [-0.1, -0.05) is 48.6 Å². The summed E-state index contributed by atoms with van der Waals surface area (Å²) in [5.74, 6) is 1.28. The molecule has 0 saturated carbocycles. The van der Waals surface area contributed by atoms with Crippen LogP contribution in [0.1, 0.15) is 28.4 Å². The van der Waals surface area contributed by atoms with Gasteiger partial charge in [0.15, 0.2) is 0 Å². The summed E-state index contributed by atoms with van der Waals surface area (Å²) in [6, 6.07) is 12.6. The van der Waals surface area contributed by atoms with Crippen molar-refractivity contribution in [2.75, 3.05) is 5.32 Å². The van der Waals surface area contributed by atoms with Crippen LogP contribution in [0.2, 0.25) is 0 Å². The zero-order chi connectivity index (χ0) is 16.7. The first kappa shape index (κ1) is 14.8. The van der Waals surface area contributed by atoms with Crippen LogP contribution in [0.4, 0.5) is 11.5 Å². The number of allylic oxidation sites excluding steroid dienone is 4. The number of hydrogen-bond donors (Lipinski definition) is 1. The third-order valence-corrected chi connectivity index (χ3v) is 4.65. The van der Waals surface area contributed by atoms with Crippen molar-refractivity contribution in [2.45, 2.75) is 26.7 Å². The van der Waals surface area contributed by atoms with E-state index in [9.17, 15) is 0 Å². The predicted octanol–water partition coefficient (Wildman–Crippen LogP) is 5.21. The first-order valence-corrected chi connectivity index (χ1v) is 8.31. The molecular weight excluding hydrogens is 294 g/mol. The average Bonchev–Trinajstić information content (AvgIpc) is 3.19. The van der Waals surface area contributed by atoms with Crippen LogP contribution in [0.3, 0.4) is 0 Å². The highest BCUT2D eigenvalue weighted by molar-refractivity contribution is 5.70. The molecule has 3 heteroatoms. The van der Waals surface area contributed by atoms with Gasteiger partial charge < -0.3 is 5.32 Å². The minimum absolute atomic E-state index is 0.219. The van der Waals surface area contributed by atoms with E-state index in [1.54, 1.807) is 0 Å². The maximum absolute atomic E-state index is 4.91. The van der Waals surface area contributed by atoms with Crippen LogP contribution in [0.15, 0.2) is 60.7 Å². The summed E-state index contributed by atoms with van der Waals surface area (Å²) in [7, 11) is 0. The molecule has 3 aromatic rings. The van der Waals surface area contributed by atoms with Crippen LogP contribution in [-0.2, 0) is 0 Å². The third kappa shape index (κ3) is 2.33. The molecular formula is C21H21N3. The maximum Gasteiger partial charge on any atom is 0.139 e. The standard InChI is InChI=1S/C21H21N3/c1-14-8-6-9-15(2)19(14)23-21-20(17-11-4-5-12-17)22-18-13-7-10-16(3)24(18)21/h4-13,17,23H,1-3H3. The average molecular weight is 315 g/mol. The Morgan fingerprint density at radius 3 is 2.29 bits per heavy atom. The van der Waals surface area contributed by atoms with Crippen LogP contribution in [0.5, 0.6) is 0 Å². The highest BCUT2D eigenvalue weighted by atomic mass is 15.1. The molecule has 1 N–H and O–H groups in total. The number of aryl methyl sites for hydroxylation is 3. The van der Waals surface area contributed by atoms with Gasteiger partial charge in [-0.25, -0.2) is 4.98 Å². The van der Waals surface area contributed by atoms with Crippen LogP contribution < -0.4 is 5.32 Å². The second-order valence-electron chi connectivity index (χ2n) is 6.39. The molecule has 0 spiro atoms. The Bertz CT molecular complexity index is 944. The molecule has 0 saturated heterocycles. The van der Waals surface area contributed by atoms with E-state index in [1.165, 1.54) is 16.8 Å². The Hall–Kier alpha value is -2.81. The molecule has 0 amide bonds. The van der Waals surface area contributed by atoms with E-state index in [0.29, 0.717) is 0 Å². The van der Waals surface area contributed by atoms with Crippen molar-refractivity contribution in [3.05, 3.63) is 83.2 Å². The third-order valence-electron chi connectivity index (χ3n) is 4.65. The van der Waals surface area contributed by atoms with Crippen molar-refractivity contribution in [3.8, 4) is 0 Å².